The van der Waals surface area contributed by atoms with Gasteiger partial charge < -0.3 is 10.8 Å². The Morgan fingerprint density at radius 2 is 1.92 bits per heavy atom. The minimum atomic E-state index is -0.833. The van der Waals surface area contributed by atoms with Crippen LogP contribution in [0.1, 0.15) is 17.3 Å². The van der Waals surface area contributed by atoms with Crippen molar-refractivity contribution >= 4 is 17.9 Å². The molecular formula is C9H11NO3. The van der Waals surface area contributed by atoms with E-state index < -0.39 is 5.97 Å². The Morgan fingerprint density at radius 1 is 1.46 bits per heavy atom. The van der Waals surface area contributed by atoms with Gasteiger partial charge >= 0.3 is 0 Å². The molecule has 0 radical (unpaired) electrons. The summed E-state index contributed by atoms with van der Waals surface area (Å²) in [5, 5.41) is 7.42. The van der Waals surface area contributed by atoms with Gasteiger partial charge in [-0.3, -0.25) is 9.59 Å². The zero-order valence-corrected chi connectivity index (χ0v) is 7.23. The second-order valence-corrected chi connectivity index (χ2v) is 2.27. The van der Waals surface area contributed by atoms with Crippen molar-refractivity contribution in [3.8, 4) is 0 Å². The fraction of sp³-hybridized carbons (Fsp3) is 0.111. The zero-order valence-electron chi connectivity index (χ0n) is 7.23. The molecule has 13 heavy (non-hydrogen) atoms. The second kappa shape index (κ2) is 5.77. The van der Waals surface area contributed by atoms with E-state index in [9.17, 15) is 4.79 Å². The minimum absolute atomic E-state index is 0.535. The van der Waals surface area contributed by atoms with Crippen LogP contribution in [-0.4, -0.2) is 17.4 Å². The van der Waals surface area contributed by atoms with Crippen molar-refractivity contribution in [2.45, 2.75) is 6.92 Å². The van der Waals surface area contributed by atoms with Gasteiger partial charge in [0.15, 0.2) is 6.29 Å². The van der Waals surface area contributed by atoms with Gasteiger partial charge in [-0.1, -0.05) is 12.1 Å². The largest absolute Gasteiger partial charge is 0.481 e. The number of hydrogen-bond donors (Lipinski definition) is 2. The third-order valence-corrected chi connectivity index (χ3v) is 1.12. The number of carbonyl (C=O) groups is 2. The lowest BCUT2D eigenvalue weighted by atomic mass is 10.2. The molecule has 0 saturated carbocycles. The highest BCUT2D eigenvalue weighted by Gasteiger charge is 1.90. The summed E-state index contributed by atoms with van der Waals surface area (Å²) in [4.78, 5) is 19.1. The molecule has 4 heteroatoms. The quantitative estimate of drug-likeness (QED) is 0.503. The molecule has 0 aliphatic carbocycles. The molecule has 0 aromatic heterocycles. The molecule has 70 valence electrons. The van der Waals surface area contributed by atoms with Crippen LogP contribution in [0, 0.1) is 0 Å². The van der Waals surface area contributed by atoms with E-state index in [1.807, 2.05) is 0 Å². The van der Waals surface area contributed by atoms with Crippen LogP contribution in [0.2, 0.25) is 0 Å². The first-order valence-corrected chi connectivity index (χ1v) is 3.57. The molecule has 0 bridgehead atoms. The van der Waals surface area contributed by atoms with Crippen LogP contribution in [-0.2, 0) is 4.79 Å². The maximum absolute atomic E-state index is 10.1. The van der Waals surface area contributed by atoms with Crippen molar-refractivity contribution < 1.29 is 14.7 Å². The Balaban J connectivity index is 0.000000310. The van der Waals surface area contributed by atoms with Crippen LogP contribution in [0.15, 0.2) is 24.3 Å². The number of nitrogens with two attached hydrogens (primary N) is 1. The van der Waals surface area contributed by atoms with E-state index in [1.54, 1.807) is 24.3 Å². The molecule has 1 aromatic rings. The van der Waals surface area contributed by atoms with Crippen molar-refractivity contribution in [3.05, 3.63) is 29.8 Å². The van der Waals surface area contributed by atoms with Gasteiger partial charge in [-0.15, -0.1) is 0 Å². The van der Waals surface area contributed by atoms with E-state index in [0.29, 0.717) is 11.3 Å². The third-order valence-electron chi connectivity index (χ3n) is 1.12. The third kappa shape index (κ3) is 5.43. The van der Waals surface area contributed by atoms with E-state index in [1.165, 1.54) is 0 Å². The standard InChI is InChI=1S/C7H7NO.C2H4O2/c8-7-4-2-1-3-6(7)5-9;1-2(3)4/h1-5H,8H2;1H3,(H,3,4). The van der Waals surface area contributed by atoms with Gasteiger partial charge in [0.05, 0.1) is 0 Å². The molecule has 1 aromatic carbocycles. The van der Waals surface area contributed by atoms with Crippen LogP contribution in [0.3, 0.4) is 0 Å². The minimum Gasteiger partial charge on any atom is -0.481 e. The lowest BCUT2D eigenvalue weighted by Crippen LogP contribution is -1.90. The molecule has 3 N–H and O–H groups in total. The number of para-hydroxylation sites is 1. The number of aliphatic carboxylic acids is 1. The maximum atomic E-state index is 10.1. The topological polar surface area (TPSA) is 80.4 Å². The highest BCUT2D eigenvalue weighted by Crippen LogP contribution is 2.05. The number of anilines is 1. The van der Waals surface area contributed by atoms with Gasteiger partial charge in [-0.25, -0.2) is 0 Å². The Morgan fingerprint density at radius 3 is 2.23 bits per heavy atom. The SMILES string of the molecule is CC(=O)O.Nc1ccccc1C=O. The first kappa shape index (κ1) is 11.2. The molecule has 4 nitrogen and oxygen atoms in total. The van der Waals surface area contributed by atoms with Gasteiger partial charge in [0.25, 0.3) is 5.97 Å². The summed E-state index contributed by atoms with van der Waals surface area (Å²) in [6.45, 7) is 1.08. The number of carboxylic acid groups (broad SMARTS) is 1. The Hall–Kier alpha value is -1.84. The second-order valence-electron chi connectivity index (χ2n) is 2.27. The average Bonchev–Trinajstić information content (AvgIpc) is 2.04. The van der Waals surface area contributed by atoms with Crippen molar-refractivity contribution in [3.63, 3.8) is 0 Å². The molecule has 1 rings (SSSR count). The van der Waals surface area contributed by atoms with E-state index in [-0.39, 0.29) is 0 Å². The highest BCUT2D eigenvalue weighted by atomic mass is 16.4. The van der Waals surface area contributed by atoms with Crippen LogP contribution in [0.4, 0.5) is 5.69 Å². The number of rotatable bonds is 1. The lowest BCUT2D eigenvalue weighted by Gasteiger charge is -1.92. The average molecular weight is 181 g/mol. The molecule has 0 atom stereocenters. The van der Waals surface area contributed by atoms with Gasteiger partial charge in [0.1, 0.15) is 0 Å². The molecule has 0 aliphatic heterocycles. The Labute approximate surface area is 76.0 Å². The molecular weight excluding hydrogens is 170 g/mol. The number of hydrogen-bond acceptors (Lipinski definition) is 3. The fourth-order valence-electron chi connectivity index (χ4n) is 0.618. The lowest BCUT2D eigenvalue weighted by molar-refractivity contribution is -0.134. The predicted octanol–water partition coefficient (Wildman–Crippen LogP) is 1.17. The highest BCUT2D eigenvalue weighted by molar-refractivity contribution is 5.82. The van der Waals surface area contributed by atoms with Gasteiger partial charge in [-0.05, 0) is 12.1 Å². The molecule has 0 saturated heterocycles. The Kier molecular flexibility index (Phi) is 4.95. The van der Waals surface area contributed by atoms with E-state index in [0.717, 1.165) is 13.2 Å². The molecule has 0 amide bonds. The van der Waals surface area contributed by atoms with Crippen LogP contribution in [0.5, 0.6) is 0 Å². The molecule has 0 aliphatic rings. The monoisotopic (exact) mass is 181 g/mol. The predicted molar refractivity (Wildman–Crippen MR) is 49.6 cm³/mol. The number of aldehydes is 1. The summed E-state index contributed by atoms with van der Waals surface area (Å²) >= 11 is 0. The van der Waals surface area contributed by atoms with Crippen LogP contribution in [0.25, 0.3) is 0 Å². The summed E-state index contributed by atoms with van der Waals surface area (Å²) in [6.07, 6.45) is 0.745. The zero-order chi connectivity index (χ0) is 10.3. The first-order valence-electron chi connectivity index (χ1n) is 3.57. The van der Waals surface area contributed by atoms with Crippen LogP contribution >= 0.6 is 0 Å². The van der Waals surface area contributed by atoms with E-state index in [2.05, 4.69) is 0 Å². The summed E-state index contributed by atoms with van der Waals surface area (Å²) in [6, 6.07) is 6.95. The summed E-state index contributed by atoms with van der Waals surface area (Å²) < 4.78 is 0. The maximum Gasteiger partial charge on any atom is 0.300 e. The van der Waals surface area contributed by atoms with E-state index >= 15 is 0 Å². The molecule has 0 fully saturated rings. The van der Waals surface area contributed by atoms with Crippen LogP contribution < -0.4 is 5.73 Å². The van der Waals surface area contributed by atoms with Gasteiger partial charge in [0.2, 0.25) is 0 Å². The fourth-order valence-corrected chi connectivity index (χ4v) is 0.618. The van der Waals surface area contributed by atoms with Crippen molar-refractivity contribution in [2.24, 2.45) is 0 Å². The molecule has 0 unspecified atom stereocenters. The van der Waals surface area contributed by atoms with E-state index in [4.69, 9.17) is 15.6 Å². The summed E-state index contributed by atoms with van der Waals surface area (Å²) in [7, 11) is 0. The van der Waals surface area contributed by atoms with Crippen molar-refractivity contribution in [1.29, 1.82) is 0 Å². The molecule has 0 spiro atoms. The number of nitrogen functional groups attached to an aromatic ring is 1. The number of carbonyl (C=O) groups excluding carboxylic acids is 1. The smallest absolute Gasteiger partial charge is 0.300 e. The Bertz CT molecular complexity index is 293. The van der Waals surface area contributed by atoms with Crippen molar-refractivity contribution in [1.82, 2.24) is 0 Å². The van der Waals surface area contributed by atoms with Gasteiger partial charge in [0, 0.05) is 18.2 Å². The van der Waals surface area contributed by atoms with Crippen molar-refractivity contribution in [2.75, 3.05) is 5.73 Å². The summed E-state index contributed by atoms with van der Waals surface area (Å²) in [5.41, 5.74) is 6.49. The first-order chi connectivity index (χ1) is 6.07. The molecule has 0 heterocycles. The normalized spacial score (nSPS) is 8.08. The van der Waals surface area contributed by atoms with Gasteiger partial charge in [-0.2, -0.15) is 0 Å². The number of carboxylic acids is 1. The summed E-state index contributed by atoms with van der Waals surface area (Å²) in [5.74, 6) is -0.833. The number of benzene rings is 1.